The number of nitrogens with one attached hydrogen (secondary N) is 1. The summed E-state index contributed by atoms with van der Waals surface area (Å²) >= 11 is 2.47. The average molecular weight is 495 g/mol. The Bertz CT molecular complexity index is 1200. The number of nitrogen functional groups attached to an aromatic ring is 1. The minimum atomic E-state index is -0.351. The van der Waals surface area contributed by atoms with Gasteiger partial charge in [0.1, 0.15) is 11.6 Å². The van der Waals surface area contributed by atoms with Crippen LogP contribution in [0.2, 0.25) is 0 Å². The third kappa shape index (κ3) is 6.93. The van der Waals surface area contributed by atoms with Gasteiger partial charge in [0.05, 0.1) is 0 Å². The van der Waals surface area contributed by atoms with Crippen molar-refractivity contribution in [3.8, 4) is 0 Å². The van der Waals surface area contributed by atoms with Gasteiger partial charge in [-0.05, 0) is 38.1 Å². The van der Waals surface area contributed by atoms with E-state index in [-0.39, 0.29) is 30.6 Å². The molecule has 0 radical (unpaired) electrons. The van der Waals surface area contributed by atoms with Crippen LogP contribution in [0, 0.1) is 6.92 Å². The summed E-state index contributed by atoms with van der Waals surface area (Å²) in [5.41, 5.74) is 7.41. The van der Waals surface area contributed by atoms with Crippen molar-refractivity contribution < 1.29 is 14.7 Å². The van der Waals surface area contributed by atoms with Crippen molar-refractivity contribution in [1.29, 1.82) is 0 Å². The van der Waals surface area contributed by atoms with Crippen molar-refractivity contribution in [2.45, 2.75) is 36.6 Å². The zero-order valence-corrected chi connectivity index (χ0v) is 20.6. The summed E-state index contributed by atoms with van der Waals surface area (Å²) in [5, 5.41) is 12.1. The summed E-state index contributed by atoms with van der Waals surface area (Å²) in [6, 6.07) is 17.2. The Morgan fingerprint density at radius 2 is 1.79 bits per heavy atom. The molecule has 2 aromatic carbocycles. The van der Waals surface area contributed by atoms with Gasteiger partial charge >= 0.3 is 0 Å². The molecule has 0 aliphatic heterocycles. The molecule has 0 unspecified atom stereocenters. The van der Waals surface area contributed by atoms with Crippen LogP contribution >= 0.6 is 23.5 Å². The summed E-state index contributed by atoms with van der Waals surface area (Å²) in [6.07, 6.45) is 1.77. The Balaban J connectivity index is 1.75. The number of carbonyl (C=O) groups is 2. The second-order valence-electron chi connectivity index (χ2n) is 7.33. The topological polar surface area (TPSA) is 118 Å². The third-order valence-electron chi connectivity index (χ3n) is 4.85. The molecule has 3 rings (SSSR count). The SMILES string of the molecule is C/C(C(=O)NCc1cnc(C)nc1N)=C(\CCO)SC(=O)c1ccccc1Sc1ccccc1. The highest BCUT2D eigenvalue weighted by Gasteiger charge is 2.19. The standard InChI is InChI=1S/C25H26N4O3S2/c1-16(24(31)28-15-18-14-27-17(2)29-23(18)26)21(12-13-30)34-25(32)20-10-6-7-11-22(20)33-19-8-4-3-5-9-19/h3-11,14,30H,12-13,15H2,1-2H3,(H,28,31)(H2,26,27,29)/b21-16-. The van der Waals surface area contributed by atoms with E-state index in [1.807, 2.05) is 48.5 Å². The first-order valence-electron chi connectivity index (χ1n) is 10.6. The van der Waals surface area contributed by atoms with Crippen LogP contribution < -0.4 is 11.1 Å². The highest BCUT2D eigenvalue weighted by atomic mass is 32.2. The number of nitrogens with two attached hydrogens (primary N) is 1. The highest BCUT2D eigenvalue weighted by Crippen LogP contribution is 2.34. The number of nitrogens with zero attached hydrogens (tertiary/aromatic N) is 2. The molecule has 0 saturated heterocycles. The molecule has 1 aromatic heterocycles. The summed E-state index contributed by atoms with van der Waals surface area (Å²) in [5.74, 6) is 0.507. The van der Waals surface area contributed by atoms with Crippen molar-refractivity contribution in [2.75, 3.05) is 12.3 Å². The molecule has 7 nitrogen and oxygen atoms in total. The van der Waals surface area contributed by atoms with E-state index >= 15 is 0 Å². The van der Waals surface area contributed by atoms with Gasteiger partial charge in [-0.15, -0.1) is 0 Å². The number of anilines is 1. The highest BCUT2D eigenvalue weighted by molar-refractivity contribution is 8.17. The van der Waals surface area contributed by atoms with Crippen LogP contribution in [0.3, 0.4) is 0 Å². The van der Waals surface area contributed by atoms with Gasteiger partial charge in [-0.3, -0.25) is 9.59 Å². The van der Waals surface area contributed by atoms with Crippen molar-refractivity contribution in [3.05, 3.63) is 88.2 Å². The molecule has 3 aromatic rings. The van der Waals surface area contributed by atoms with Gasteiger partial charge in [0.15, 0.2) is 0 Å². The monoisotopic (exact) mass is 494 g/mol. The Morgan fingerprint density at radius 3 is 2.50 bits per heavy atom. The van der Waals surface area contributed by atoms with Crippen LogP contribution in [0.5, 0.6) is 0 Å². The zero-order valence-electron chi connectivity index (χ0n) is 18.9. The van der Waals surface area contributed by atoms with Crippen LogP contribution in [0.25, 0.3) is 0 Å². The van der Waals surface area contributed by atoms with Crippen LogP contribution in [0.15, 0.2) is 81.1 Å². The molecule has 0 bridgehead atoms. The number of aliphatic hydroxyl groups is 1. The average Bonchev–Trinajstić information content (AvgIpc) is 2.83. The predicted octanol–water partition coefficient (Wildman–Crippen LogP) is 4.36. The molecule has 1 heterocycles. The van der Waals surface area contributed by atoms with Crippen LogP contribution in [-0.4, -0.2) is 32.7 Å². The number of amides is 1. The third-order valence-corrected chi connectivity index (χ3v) is 7.10. The summed E-state index contributed by atoms with van der Waals surface area (Å²) in [4.78, 5) is 36.5. The van der Waals surface area contributed by atoms with Gasteiger partial charge < -0.3 is 16.2 Å². The van der Waals surface area contributed by atoms with Crippen LogP contribution in [0.1, 0.15) is 35.1 Å². The number of thioether (sulfide) groups is 1. The van der Waals surface area contributed by atoms with Crippen LogP contribution in [-0.2, 0) is 11.3 Å². The van der Waals surface area contributed by atoms with Gasteiger partial charge in [0.2, 0.25) is 11.0 Å². The van der Waals surface area contributed by atoms with Crippen molar-refractivity contribution in [1.82, 2.24) is 15.3 Å². The number of benzene rings is 2. The van der Waals surface area contributed by atoms with Crippen molar-refractivity contribution in [3.63, 3.8) is 0 Å². The van der Waals surface area contributed by atoms with E-state index in [9.17, 15) is 14.7 Å². The fraction of sp³-hybridized carbons (Fsp3) is 0.200. The van der Waals surface area contributed by atoms with Crippen molar-refractivity contribution in [2.24, 2.45) is 0 Å². The molecule has 1 amide bonds. The second kappa shape index (κ2) is 12.4. The maximum Gasteiger partial charge on any atom is 0.247 e. The number of aromatic nitrogens is 2. The maximum absolute atomic E-state index is 13.2. The minimum absolute atomic E-state index is 0.157. The fourth-order valence-corrected chi connectivity index (χ4v) is 4.99. The molecule has 0 spiro atoms. The second-order valence-corrected chi connectivity index (χ2v) is 9.52. The van der Waals surface area contributed by atoms with E-state index in [2.05, 4.69) is 15.3 Å². The van der Waals surface area contributed by atoms with E-state index in [0.717, 1.165) is 21.6 Å². The van der Waals surface area contributed by atoms with E-state index < -0.39 is 0 Å². The van der Waals surface area contributed by atoms with Crippen molar-refractivity contribution >= 4 is 40.4 Å². The maximum atomic E-state index is 13.2. The molecule has 9 heteroatoms. The lowest BCUT2D eigenvalue weighted by Crippen LogP contribution is -2.25. The number of hydrogen-bond acceptors (Lipinski definition) is 8. The normalized spacial score (nSPS) is 11.6. The Labute approximate surface area is 207 Å². The van der Waals surface area contributed by atoms with E-state index in [0.29, 0.717) is 33.2 Å². The Kier molecular flexibility index (Phi) is 9.26. The lowest BCUT2D eigenvalue weighted by atomic mass is 10.2. The minimum Gasteiger partial charge on any atom is -0.396 e. The summed E-state index contributed by atoms with van der Waals surface area (Å²) in [6.45, 7) is 3.35. The number of aliphatic hydroxyl groups excluding tert-OH is 1. The zero-order chi connectivity index (χ0) is 24.5. The molecule has 4 N–H and O–H groups in total. The first kappa shape index (κ1) is 25.5. The smallest absolute Gasteiger partial charge is 0.247 e. The molecular weight excluding hydrogens is 468 g/mol. The first-order valence-corrected chi connectivity index (χ1v) is 12.2. The van der Waals surface area contributed by atoms with Gasteiger partial charge in [0.25, 0.3) is 0 Å². The predicted molar refractivity (Wildman–Crippen MR) is 136 cm³/mol. The fourth-order valence-electron chi connectivity index (χ4n) is 3.01. The molecule has 0 fully saturated rings. The summed E-state index contributed by atoms with van der Waals surface area (Å²) < 4.78 is 0. The molecule has 176 valence electrons. The lowest BCUT2D eigenvalue weighted by Gasteiger charge is -2.13. The van der Waals surface area contributed by atoms with Gasteiger partial charge in [-0.1, -0.05) is 53.9 Å². The molecule has 0 aliphatic rings. The molecule has 0 atom stereocenters. The number of rotatable bonds is 9. The number of carbonyl (C=O) groups excluding carboxylic acids is 2. The lowest BCUT2D eigenvalue weighted by molar-refractivity contribution is -0.117. The Hall–Kier alpha value is -3.14. The molecule has 0 saturated carbocycles. The quantitative estimate of drug-likeness (QED) is 0.376. The molecule has 0 aliphatic carbocycles. The molecular formula is C25H26N4O3S2. The van der Waals surface area contributed by atoms with Crippen LogP contribution in [0.4, 0.5) is 5.82 Å². The molecule has 34 heavy (non-hydrogen) atoms. The number of aryl methyl sites for hydroxylation is 1. The number of hydrogen-bond donors (Lipinski definition) is 3. The largest absolute Gasteiger partial charge is 0.396 e. The van der Waals surface area contributed by atoms with Gasteiger partial charge in [-0.25, -0.2) is 9.97 Å². The van der Waals surface area contributed by atoms with Gasteiger partial charge in [-0.2, -0.15) is 0 Å². The van der Waals surface area contributed by atoms with E-state index in [1.165, 1.54) is 11.8 Å². The van der Waals surface area contributed by atoms with E-state index in [1.54, 1.807) is 26.1 Å². The Morgan fingerprint density at radius 1 is 1.09 bits per heavy atom. The summed E-state index contributed by atoms with van der Waals surface area (Å²) in [7, 11) is 0. The first-order chi connectivity index (χ1) is 16.4. The van der Waals surface area contributed by atoms with E-state index in [4.69, 9.17) is 5.73 Å². The van der Waals surface area contributed by atoms with Gasteiger partial charge in [0, 0.05) is 57.2 Å².